The van der Waals surface area contributed by atoms with Gasteiger partial charge in [-0.1, -0.05) is 18.5 Å². The Hall–Kier alpha value is -0.640. The summed E-state index contributed by atoms with van der Waals surface area (Å²) in [5, 5.41) is 4.14. The van der Waals surface area contributed by atoms with Crippen LogP contribution in [0.3, 0.4) is 0 Å². The van der Waals surface area contributed by atoms with Gasteiger partial charge in [0.2, 0.25) is 0 Å². The molecule has 1 aromatic carbocycles. The largest absolute Gasteiger partial charge is 0.309 e. The van der Waals surface area contributed by atoms with E-state index in [1.54, 1.807) is 12.1 Å². The summed E-state index contributed by atoms with van der Waals surface area (Å²) in [6, 6.07) is 5.23. The highest BCUT2D eigenvalue weighted by Crippen LogP contribution is 2.22. The second-order valence-electron chi connectivity index (χ2n) is 5.97. The van der Waals surface area contributed by atoms with E-state index in [2.05, 4.69) is 31.0 Å². The maximum atomic E-state index is 13.8. The van der Waals surface area contributed by atoms with Crippen LogP contribution in [0.5, 0.6) is 0 Å². The Bertz CT molecular complexity index is 448. The quantitative estimate of drug-likeness (QED) is 0.915. The molecule has 1 fully saturated rings. The normalized spacial score (nSPS) is 23.5. The Morgan fingerprint density at radius 3 is 2.89 bits per heavy atom. The van der Waals surface area contributed by atoms with Crippen molar-refractivity contribution in [3.8, 4) is 0 Å². The molecule has 4 heteroatoms. The number of hydrogen-bond donors (Lipinski definition) is 1. The zero-order chi connectivity index (χ0) is 14.0. The molecule has 0 spiro atoms. The van der Waals surface area contributed by atoms with Crippen molar-refractivity contribution in [3.05, 3.63) is 34.6 Å². The van der Waals surface area contributed by atoms with Gasteiger partial charge in [-0.05, 0) is 38.5 Å². The summed E-state index contributed by atoms with van der Waals surface area (Å²) in [5.74, 6) is -0.171. The van der Waals surface area contributed by atoms with Crippen LogP contribution in [0.25, 0.3) is 0 Å². The summed E-state index contributed by atoms with van der Waals surface area (Å²) in [7, 11) is 0. The van der Waals surface area contributed by atoms with Gasteiger partial charge in [0.25, 0.3) is 0 Å². The Kier molecular flexibility index (Phi) is 4.49. The average Bonchev–Trinajstić information content (AvgIpc) is 2.33. The van der Waals surface area contributed by atoms with Gasteiger partial charge in [0, 0.05) is 41.8 Å². The molecule has 1 saturated heterocycles. The summed E-state index contributed by atoms with van der Waals surface area (Å²) in [6.07, 6.45) is 1.06. The second kappa shape index (κ2) is 5.78. The molecular weight excluding hydrogens is 263 g/mol. The van der Waals surface area contributed by atoms with Crippen molar-refractivity contribution in [1.82, 2.24) is 10.2 Å². The first-order chi connectivity index (χ1) is 8.91. The summed E-state index contributed by atoms with van der Waals surface area (Å²) >= 11 is 5.96. The summed E-state index contributed by atoms with van der Waals surface area (Å²) < 4.78 is 13.8. The number of halogens is 2. The number of benzene rings is 1. The molecule has 1 aliphatic heterocycles. The zero-order valence-electron chi connectivity index (χ0n) is 11.8. The van der Waals surface area contributed by atoms with E-state index < -0.39 is 0 Å². The zero-order valence-corrected chi connectivity index (χ0v) is 12.6. The monoisotopic (exact) mass is 284 g/mol. The van der Waals surface area contributed by atoms with Gasteiger partial charge in [-0.25, -0.2) is 4.39 Å². The first kappa shape index (κ1) is 14.8. The van der Waals surface area contributed by atoms with Gasteiger partial charge < -0.3 is 5.32 Å². The molecule has 1 unspecified atom stereocenters. The maximum Gasteiger partial charge on any atom is 0.127 e. The van der Waals surface area contributed by atoms with E-state index >= 15 is 0 Å². The topological polar surface area (TPSA) is 15.3 Å². The smallest absolute Gasteiger partial charge is 0.127 e. The molecule has 1 aromatic rings. The highest BCUT2D eigenvalue weighted by atomic mass is 35.5. The van der Waals surface area contributed by atoms with Gasteiger partial charge in [0.1, 0.15) is 5.82 Å². The predicted molar refractivity (Wildman–Crippen MR) is 78.0 cm³/mol. The molecule has 2 nitrogen and oxygen atoms in total. The lowest BCUT2D eigenvalue weighted by molar-refractivity contribution is 0.0848. The molecule has 1 aliphatic rings. The van der Waals surface area contributed by atoms with Crippen LogP contribution < -0.4 is 5.32 Å². The third-order valence-corrected chi connectivity index (χ3v) is 4.02. The third-order valence-electron chi connectivity index (χ3n) is 3.78. The van der Waals surface area contributed by atoms with E-state index in [-0.39, 0.29) is 11.4 Å². The number of piperazine rings is 1. The summed E-state index contributed by atoms with van der Waals surface area (Å²) in [4.78, 5) is 2.35. The summed E-state index contributed by atoms with van der Waals surface area (Å²) in [5.41, 5.74) is 0.754. The predicted octanol–water partition coefficient (Wildman–Crippen LogP) is 3.44. The standard InChI is InChI=1S/C15H22ClFN2/c1-4-13-8-18-15(2,3)10-19(13)9-11-7-12(16)5-6-14(11)17/h5-7,13,18H,4,8-10H2,1-3H3. The van der Waals surface area contributed by atoms with Crippen molar-refractivity contribution in [1.29, 1.82) is 0 Å². The van der Waals surface area contributed by atoms with Gasteiger partial charge >= 0.3 is 0 Å². The van der Waals surface area contributed by atoms with Gasteiger partial charge in [-0.3, -0.25) is 4.90 Å². The van der Waals surface area contributed by atoms with E-state index in [0.717, 1.165) is 19.5 Å². The molecule has 0 aromatic heterocycles. The van der Waals surface area contributed by atoms with Crippen LogP contribution in [0.4, 0.5) is 4.39 Å². The Morgan fingerprint density at radius 2 is 2.21 bits per heavy atom. The molecule has 1 atom stereocenters. The first-order valence-electron chi connectivity index (χ1n) is 6.84. The molecule has 1 heterocycles. The lowest BCUT2D eigenvalue weighted by atomic mass is 9.97. The molecule has 106 valence electrons. The van der Waals surface area contributed by atoms with Crippen LogP contribution >= 0.6 is 11.6 Å². The molecule has 0 radical (unpaired) electrons. The fourth-order valence-electron chi connectivity index (χ4n) is 2.69. The van der Waals surface area contributed by atoms with Crippen LogP contribution in [0.15, 0.2) is 18.2 Å². The van der Waals surface area contributed by atoms with Crippen molar-refractivity contribution in [2.24, 2.45) is 0 Å². The average molecular weight is 285 g/mol. The van der Waals surface area contributed by atoms with Crippen molar-refractivity contribution in [2.45, 2.75) is 45.3 Å². The van der Waals surface area contributed by atoms with Gasteiger partial charge in [-0.2, -0.15) is 0 Å². The van der Waals surface area contributed by atoms with Gasteiger partial charge in [0.05, 0.1) is 0 Å². The fourth-order valence-corrected chi connectivity index (χ4v) is 2.88. The number of nitrogens with zero attached hydrogens (tertiary/aromatic N) is 1. The third kappa shape index (κ3) is 3.68. The van der Waals surface area contributed by atoms with Crippen LogP contribution in [0, 0.1) is 5.82 Å². The minimum atomic E-state index is -0.171. The van der Waals surface area contributed by atoms with E-state index in [9.17, 15) is 4.39 Å². The molecule has 1 N–H and O–H groups in total. The molecule has 0 aliphatic carbocycles. The number of nitrogens with one attached hydrogen (secondary N) is 1. The minimum Gasteiger partial charge on any atom is -0.309 e. The van der Waals surface area contributed by atoms with Crippen molar-refractivity contribution < 1.29 is 4.39 Å². The van der Waals surface area contributed by atoms with Gasteiger partial charge in [0.15, 0.2) is 0 Å². The fraction of sp³-hybridized carbons (Fsp3) is 0.600. The van der Waals surface area contributed by atoms with E-state index in [1.807, 2.05) is 0 Å². The lowest BCUT2D eigenvalue weighted by Crippen LogP contribution is -2.61. The highest BCUT2D eigenvalue weighted by Gasteiger charge is 2.31. The molecule has 19 heavy (non-hydrogen) atoms. The Balaban J connectivity index is 2.16. The minimum absolute atomic E-state index is 0.0702. The molecule has 0 amide bonds. The maximum absolute atomic E-state index is 13.8. The SMILES string of the molecule is CCC1CNC(C)(C)CN1Cc1cc(Cl)ccc1F. The first-order valence-corrected chi connectivity index (χ1v) is 7.22. The number of hydrogen-bond acceptors (Lipinski definition) is 2. The van der Waals surface area contributed by atoms with Crippen molar-refractivity contribution >= 4 is 11.6 Å². The van der Waals surface area contributed by atoms with E-state index in [1.165, 1.54) is 6.07 Å². The van der Waals surface area contributed by atoms with E-state index in [4.69, 9.17) is 11.6 Å². The van der Waals surface area contributed by atoms with Crippen LogP contribution in [0.1, 0.15) is 32.8 Å². The molecular formula is C15H22ClFN2. The van der Waals surface area contributed by atoms with E-state index in [0.29, 0.717) is 23.2 Å². The van der Waals surface area contributed by atoms with Crippen LogP contribution in [0.2, 0.25) is 5.02 Å². The van der Waals surface area contributed by atoms with Gasteiger partial charge in [-0.15, -0.1) is 0 Å². The van der Waals surface area contributed by atoms with Crippen LogP contribution in [-0.4, -0.2) is 29.6 Å². The van der Waals surface area contributed by atoms with Crippen molar-refractivity contribution in [3.63, 3.8) is 0 Å². The van der Waals surface area contributed by atoms with Crippen molar-refractivity contribution in [2.75, 3.05) is 13.1 Å². The molecule has 0 saturated carbocycles. The summed E-state index contributed by atoms with van der Waals surface area (Å²) in [6.45, 7) is 9.02. The van der Waals surface area contributed by atoms with Crippen LogP contribution in [-0.2, 0) is 6.54 Å². The molecule has 0 bridgehead atoms. The highest BCUT2D eigenvalue weighted by molar-refractivity contribution is 6.30. The number of rotatable bonds is 3. The molecule has 2 rings (SSSR count). The Labute approximate surface area is 119 Å². The lowest BCUT2D eigenvalue weighted by Gasteiger charge is -2.44. The second-order valence-corrected chi connectivity index (χ2v) is 6.40. The Morgan fingerprint density at radius 1 is 1.47 bits per heavy atom.